The summed E-state index contributed by atoms with van der Waals surface area (Å²) >= 11 is 11.0. The molecule has 0 saturated carbocycles. The molecule has 0 aliphatic carbocycles. The highest BCUT2D eigenvalue weighted by molar-refractivity contribution is 8.08. The molecule has 0 spiro atoms. The quantitative estimate of drug-likeness (QED) is 0.709. The molecule has 1 nitrogen and oxygen atoms in total. The van der Waals surface area contributed by atoms with Gasteiger partial charge in [0.25, 0.3) is 5.85 Å². The summed E-state index contributed by atoms with van der Waals surface area (Å²) in [7, 11) is 0. The number of hydrogen-bond acceptors (Lipinski definition) is 1. The predicted octanol–water partition coefficient (Wildman–Crippen LogP) is 4.46. The monoisotopic (exact) mass is 236 g/mol. The topological polar surface area (TPSA) is 17.1 Å². The Kier molecular flexibility index (Phi) is 3.85. The molecule has 1 aromatic carbocycles. The summed E-state index contributed by atoms with van der Waals surface area (Å²) in [4.78, 5) is 0. The van der Waals surface area contributed by atoms with Crippen LogP contribution in [0, 0.1) is 0 Å². The van der Waals surface area contributed by atoms with Gasteiger partial charge >= 0.3 is 0 Å². The molecule has 0 aromatic heterocycles. The van der Waals surface area contributed by atoms with Crippen LogP contribution in [0.1, 0.15) is 18.4 Å². The fourth-order valence-corrected chi connectivity index (χ4v) is 3.30. The van der Waals surface area contributed by atoms with Crippen molar-refractivity contribution in [3.8, 4) is 0 Å². The van der Waals surface area contributed by atoms with Crippen LogP contribution in [0.2, 0.25) is 0 Å². The first-order chi connectivity index (χ1) is 5.99. The lowest BCUT2D eigenvalue weighted by Gasteiger charge is -2.11. The van der Waals surface area contributed by atoms with E-state index in [4.69, 9.17) is 22.5 Å². The lowest BCUT2D eigenvalue weighted by atomic mass is 10.0. The average molecular weight is 237 g/mol. The zero-order chi connectivity index (χ0) is 9.90. The second-order valence-electron chi connectivity index (χ2n) is 3.06. The molecule has 0 heterocycles. The third kappa shape index (κ3) is 4.17. The van der Waals surface area contributed by atoms with Gasteiger partial charge < -0.3 is 0 Å². The summed E-state index contributed by atoms with van der Waals surface area (Å²) in [6.07, 6.45) is 0.333. The van der Waals surface area contributed by atoms with E-state index < -0.39 is 5.85 Å². The van der Waals surface area contributed by atoms with Crippen molar-refractivity contribution in [1.29, 1.82) is 0 Å². The van der Waals surface area contributed by atoms with Gasteiger partial charge in [0.15, 0.2) is 0 Å². The van der Waals surface area contributed by atoms with Crippen molar-refractivity contribution in [2.45, 2.75) is 12.8 Å². The van der Waals surface area contributed by atoms with E-state index >= 15 is 0 Å². The van der Waals surface area contributed by atoms with E-state index in [9.17, 15) is 4.57 Å². The summed E-state index contributed by atoms with van der Waals surface area (Å²) in [5.41, 5.74) is 1.11. The molecule has 13 heavy (non-hydrogen) atoms. The summed E-state index contributed by atoms with van der Waals surface area (Å²) in [6, 6.07) is 9.79. The summed E-state index contributed by atoms with van der Waals surface area (Å²) < 4.78 is 11.1. The average Bonchev–Trinajstić information content (AvgIpc) is 2.03. The van der Waals surface area contributed by atoms with Gasteiger partial charge in [-0.2, -0.15) is 0 Å². The standard InChI is InChI=1S/C9H11Cl2OP/c1-8(7-13(10,11)12)9-5-3-2-4-6-9/h2-6,8H,7H2,1H3. The summed E-state index contributed by atoms with van der Waals surface area (Å²) in [6.45, 7) is 1.97. The van der Waals surface area contributed by atoms with E-state index in [0.29, 0.717) is 6.16 Å². The Morgan fingerprint density at radius 3 is 2.31 bits per heavy atom. The largest absolute Gasteiger partial charge is 0.289 e. The molecule has 0 N–H and O–H groups in total. The van der Waals surface area contributed by atoms with Crippen LogP contribution in [0.15, 0.2) is 30.3 Å². The van der Waals surface area contributed by atoms with Gasteiger partial charge in [-0.1, -0.05) is 37.3 Å². The first-order valence-electron chi connectivity index (χ1n) is 4.02. The second kappa shape index (κ2) is 4.50. The molecule has 0 aliphatic rings. The molecule has 0 radical (unpaired) electrons. The van der Waals surface area contributed by atoms with Crippen LogP contribution in [0.4, 0.5) is 0 Å². The van der Waals surface area contributed by atoms with Gasteiger partial charge in [-0.05, 0) is 34.0 Å². The van der Waals surface area contributed by atoms with E-state index in [-0.39, 0.29) is 5.92 Å². The van der Waals surface area contributed by atoms with Crippen molar-refractivity contribution in [2.24, 2.45) is 0 Å². The van der Waals surface area contributed by atoms with Crippen LogP contribution in [-0.4, -0.2) is 6.16 Å². The fraction of sp³-hybridized carbons (Fsp3) is 0.333. The normalized spacial score (nSPS) is 14.1. The number of hydrogen-bond donors (Lipinski definition) is 0. The minimum atomic E-state index is -2.94. The Morgan fingerprint density at radius 2 is 1.85 bits per heavy atom. The highest BCUT2D eigenvalue weighted by Gasteiger charge is 2.19. The van der Waals surface area contributed by atoms with Gasteiger partial charge in [0, 0.05) is 6.16 Å². The van der Waals surface area contributed by atoms with E-state index in [0.717, 1.165) is 5.56 Å². The number of rotatable bonds is 3. The van der Waals surface area contributed by atoms with E-state index in [1.165, 1.54) is 0 Å². The van der Waals surface area contributed by atoms with Crippen molar-refractivity contribution in [1.82, 2.24) is 0 Å². The Balaban J connectivity index is 2.70. The molecule has 1 aromatic rings. The summed E-state index contributed by atoms with van der Waals surface area (Å²) in [5, 5.41) is 0. The minimum absolute atomic E-state index is 0.141. The molecule has 0 bridgehead atoms. The van der Waals surface area contributed by atoms with Crippen molar-refractivity contribution >= 4 is 28.3 Å². The third-order valence-electron chi connectivity index (χ3n) is 1.86. The van der Waals surface area contributed by atoms with Crippen LogP contribution in [0.3, 0.4) is 0 Å². The van der Waals surface area contributed by atoms with Gasteiger partial charge in [0.1, 0.15) is 0 Å². The van der Waals surface area contributed by atoms with E-state index in [1.807, 2.05) is 37.3 Å². The third-order valence-corrected chi connectivity index (χ3v) is 3.66. The SMILES string of the molecule is CC(CP(=O)(Cl)Cl)c1ccccc1. The Morgan fingerprint density at radius 1 is 1.31 bits per heavy atom. The number of benzene rings is 1. The molecular formula is C9H11Cl2OP. The van der Waals surface area contributed by atoms with Crippen molar-refractivity contribution < 1.29 is 4.57 Å². The molecule has 1 unspecified atom stereocenters. The lowest BCUT2D eigenvalue weighted by Crippen LogP contribution is -1.96. The first kappa shape index (κ1) is 11.1. The fourth-order valence-electron chi connectivity index (χ4n) is 1.21. The molecule has 0 saturated heterocycles. The zero-order valence-corrected chi connectivity index (χ0v) is 9.69. The Bertz CT molecular complexity index is 307. The van der Waals surface area contributed by atoms with Crippen LogP contribution in [0.25, 0.3) is 0 Å². The maximum absolute atomic E-state index is 11.1. The zero-order valence-electron chi connectivity index (χ0n) is 7.28. The number of halogens is 2. The van der Waals surface area contributed by atoms with Gasteiger partial charge in [-0.15, -0.1) is 0 Å². The molecule has 0 amide bonds. The predicted molar refractivity (Wildman–Crippen MR) is 59.0 cm³/mol. The Hall–Kier alpha value is 0.0300. The highest BCUT2D eigenvalue weighted by Crippen LogP contribution is 2.58. The lowest BCUT2D eigenvalue weighted by molar-refractivity contribution is 0.589. The van der Waals surface area contributed by atoms with Crippen LogP contribution < -0.4 is 0 Å². The highest BCUT2D eigenvalue weighted by atomic mass is 35.9. The van der Waals surface area contributed by atoms with Crippen LogP contribution in [-0.2, 0) is 4.57 Å². The van der Waals surface area contributed by atoms with Crippen LogP contribution >= 0.6 is 28.3 Å². The minimum Gasteiger partial charge on any atom is -0.289 e. The van der Waals surface area contributed by atoms with E-state index in [2.05, 4.69) is 0 Å². The van der Waals surface area contributed by atoms with Gasteiger partial charge in [-0.25, -0.2) is 0 Å². The second-order valence-corrected chi connectivity index (χ2v) is 8.37. The van der Waals surface area contributed by atoms with Crippen molar-refractivity contribution in [3.05, 3.63) is 35.9 Å². The molecule has 72 valence electrons. The van der Waals surface area contributed by atoms with Gasteiger partial charge in [-0.3, -0.25) is 4.57 Å². The maximum Gasteiger partial charge on any atom is 0.253 e. The molecule has 1 rings (SSSR count). The van der Waals surface area contributed by atoms with Crippen LogP contribution in [0.5, 0.6) is 0 Å². The molecule has 4 heteroatoms. The molecule has 0 aliphatic heterocycles. The molecular weight excluding hydrogens is 226 g/mol. The molecule has 0 fully saturated rings. The van der Waals surface area contributed by atoms with Crippen molar-refractivity contribution in [3.63, 3.8) is 0 Å². The van der Waals surface area contributed by atoms with Gasteiger partial charge in [0.05, 0.1) is 0 Å². The smallest absolute Gasteiger partial charge is 0.253 e. The van der Waals surface area contributed by atoms with E-state index in [1.54, 1.807) is 0 Å². The van der Waals surface area contributed by atoms with Crippen molar-refractivity contribution in [2.75, 3.05) is 6.16 Å². The molecule has 1 atom stereocenters. The summed E-state index contributed by atoms with van der Waals surface area (Å²) in [5.74, 6) is -2.80. The first-order valence-corrected chi connectivity index (χ1v) is 7.72. The maximum atomic E-state index is 11.1. The Labute approximate surface area is 88.0 Å². The van der Waals surface area contributed by atoms with Gasteiger partial charge in [0.2, 0.25) is 0 Å².